The van der Waals surface area contributed by atoms with Gasteiger partial charge in [0.25, 0.3) is 0 Å². The molecule has 0 atom stereocenters. The van der Waals surface area contributed by atoms with E-state index in [0.29, 0.717) is 21.5 Å². The van der Waals surface area contributed by atoms with Crippen LogP contribution in [0.15, 0.2) is 46.9 Å². The molecule has 1 N–H and O–H groups in total. The third-order valence-electron chi connectivity index (χ3n) is 2.26. The second kappa shape index (κ2) is 5.29. The maximum absolute atomic E-state index is 13.0. The number of ether oxygens (including phenoxy) is 1. The minimum Gasteiger partial charge on any atom is -0.457 e. The van der Waals surface area contributed by atoms with E-state index in [1.54, 1.807) is 18.2 Å². The summed E-state index contributed by atoms with van der Waals surface area (Å²) in [7, 11) is 0. The van der Waals surface area contributed by atoms with Crippen LogP contribution in [0.25, 0.3) is 0 Å². The highest BCUT2D eigenvalue weighted by molar-refractivity contribution is 9.10. The molecule has 17 heavy (non-hydrogen) atoms. The summed E-state index contributed by atoms with van der Waals surface area (Å²) in [5, 5.41) is 9.15. The lowest BCUT2D eigenvalue weighted by molar-refractivity contribution is 0.276. The van der Waals surface area contributed by atoms with E-state index in [1.807, 2.05) is 12.1 Å². The summed E-state index contributed by atoms with van der Waals surface area (Å²) in [5.74, 6) is 0.737. The Bertz CT molecular complexity index is 529. The van der Waals surface area contributed by atoms with E-state index in [0.717, 1.165) is 0 Å². The predicted octanol–water partition coefficient (Wildman–Crippen LogP) is 3.87. The summed E-state index contributed by atoms with van der Waals surface area (Å²) in [6.07, 6.45) is 0. The van der Waals surface area contributed by atoms with Gasteiger partial charge in [-0.25, -0.2) is 4.39 Å². The molecule has 2 aromatic carbocycles. The molecule has 0 heterocycles. The lowest BCUT2D eigenvalue weighted by atomic mass is 10.2. The second-order valence-electron chi connectivity index (χ2n) is 3.44. The molecule has 0 spiro atoms. The lowest BCUT2D eigenvalue weighted by Gasteiger charge is -2.09. The molecule has 0 saturated carbocycles. The molecule has 2 rings (SSSR count). The number of para-hydroxylation sites is 1. The fourth-order valence-electron chi connectivity index (χ4n) is 1.40. The smallest absolute Gasteiger partial charge is 0.137 e. The van der Waals surface area contributed by atoms with Crippen molar-refractivity contribution in [3.8, 4) is 11.5 Å². The minimum atomic E-state index is -0.340. The standard InChI is InChI=1S/C13H10BrFO2/c14-11-7-10(5-6-12(11)15)17-13-4-2-1-3-9(13)8-16/h1-7,16H,8H2. The Morgan fingerprint density at radius 3 is 2.65 bits per heavy atom. The van der Waals surface area contributed by atoms with Crippen molar-refractivity contribution >= 4 is 15.9 Å². The Kier molecular flexibility index (Phi) is 3.76. The van der Waals surface area contributed by atoms with Gasteiger partial charge in [0.1, 0.15) is 17.3 Å². The Morgan fingerprint density at radius 2 is 1.94 bits per heavy atom. The van der Waals surface area contributed by atoms with Gasteiger partial charge in [-0.05, 0) is 40.2 Å². The summed E-state index contributed by atoms with van der Waals surface area (Å²) in [6, 6.07) is 11.6. The van der Waals surface area contributed by atoms with E-state index in [9.17, 15) is 4.39 Å². The zero-order chi connectivity index (χ0) is 12.3. The SMILES string of the molecule is OCc1ccccc1Oc1ccc(F)c(Br)c1. The summed E-state index contributed by atoms with van der Waals surface area (Å²) >= 11 is 3.09. The zero-order valence-corrected chi connectivity index (χ0v) is 10.4. The van der Waals surface area contributed by atoms with Crippen LogP contribution in [0.5, 0.6) is 11.5 Å². The molecule has 0 amide bonds. The number of rotatable bonds is 3. The van der Waals surface area contributed by atoms with Gasteiger partial charge in [-0.1, -0.05) is 18.2 Å². The third-order valence-corrected chi connectivity index (χ3v) is 2.87. The first-order valence-corrected chi connectivity index (χ1v) is 5.81. The summed E-state index contributed by atoms with van der Waals surface area (Å²) < 4.78 is 19.0. The van der Waals surface area contributed by atoms with Crippen LogP contribution in [0.3, 0.4) is 0 Å². The van der Waals surface area contributed by atoms with Gasteiger partial charge in [0.05, 0.1) is 11.1 Å². The van der Waals surface area contributed by atoms with E-state index in [4.69, 9.17) is 9.84 Å². The van der Waals surface area contributed by atoms with Gasteiger partial charge < -0.3 is 9.84 Å². The van der Waals surface area contributed by atoms with E-state index in [1.165, 1.54) is 12.1 Å². The highest BCUT2D eigenvalue weighted by atomic mass is 79.9. The zero-order valence-electron chi connectivity index (χ0n) is 8.86. The molecule has 2 aromatic rings. The number of benzene rings is 2. The monoisotopic (exact) mass is 296 g/mol. The maximum atomic E-state index is 13.0. The molecule has 0 aliphatic rings. The molecule has 0 aliphatic carbocycles. The van der Waals surface area contributed by atoms with Crippen LogP contribution < -0.4 is 4.74 Å². The highest BCUT2D eigenvalue weighted by Crippen LogP contribution is 2.28. The van der Waals surface area contributed by atoms with Crippen molar-refractivity contribution < 1.29 is 14.2 Å². The Balaban J connectivity index is 2.28. The van der Waals surface area contributed by atoms with E-state index in [-0.39, 0.29) is 12.4 Å². The largest absolute Gasteiger partial charge is 0.457 e. The topological polar surface area (TPSA) is 29.5 Å². The van der Waals surface area contributed by atoms with Crippen molar-refractivity contribution in [1.29, 1.82) is 0 Å². The van der Waals surface area contributed by atoms with Gasteiger partial charge in [0, 0.05) is 5.56 Å². The number of aliphatic hydroxyl groups is 1. The van der Waals surface area contributed by atoms with Gasteiger partial charge in [-0.2, -0.15) is 0 Å². The van der Waals surface area contributed by atoms with Gasteiger partial charge in [0.2, 0.25) is 0 Å². The summed E-state index contributed by atoms with van der Waals surface area (Å²) in [6.45, 7) is -0.0987. The first-order chi connectivity index (χ1) is 8.20. The van der Waals surface area contributed by atoms with Crippen LogP contribution in [0.1, 0.15) is 5.56 Å². The Morgan fingerprint density at radius 1 is 1.18 bits per heavy atom. The molecule has 0 bridgehead atoms. The molecule has 0 aromatic heterocycles. The van der Waals surface area contributed by atoms with Gasteiger partial charge in [-0.3, -0.25) is 0 Å². The predicted molar refractivity (Wildman–Crippen MR) is 66.5 cm³/mol. The lowest BCUT2D eigenvalue weighted by Crippen LogP contribution is -1.91. The van der Waals surface area contributed by atoms with Crippen molar-refractivity contribution in [3.05, 3.63) is 58.3 Å². The average molecular weight is 297 g/mol. The molecule has 0 unspecified atom stereocenters. The van der Waals surface area contributed by atoms with Crippen molar-refractivity contribution in [1.82, 2.24) is 0 Å². The molecule has 0 aliphatic heterocycles. The van der Waals surface area contributed by atoms with Crippen LogP contribution >= 0.6 is 15.9 Å². The minimum absolute atomic E-state index is 0.0987. The van der Waals surface area contributed by atoms with E-state index < -0.39 is 0 Å². The quantitative estimate of drug-likeness (QED) is 0.931. The van der Waals surface area contributed by atoms with Gasteiger partial charge in [-0.15, -0.1) is 0 Å². The maximum Gasteiger partial charge on any atom is 0.137 e. The Hall–Kier alpha value is -1.39. The van der Waals surface area contributed by atoms with Crippen molar-refractivity contribution in [2.45, 2.75) is 6.61 Å². The van der Waals surface area contributed by atoms with Crippen LogP contribution in [0.2, 0.25) is 0 Å². The fraction of sp³-hybridized carbons (Fsp3) is 0.0769. The van der Waals surface area contributed by atoms with Crippen LogP contribution in [-0.2, 0) is 6.61 Å². The molecule has 0 fully saturated rings. The van der Waals surface area contributed by atoms with Crippen LogP contribution in [0, 0.1) is 5.82 Å². The fourth-order valence-corrected chi connectivity index (χ4v) is 1.76. The van der Waals surface area contributed by atoms with Gasteiger partial charge >= 0.3 is 0 Å². The molecular weight excluding hydrogens is 287 g/mol. The van der Waals surface area contributed by atoms with E-state index in [2.05, 4.69) is 15.9 Å². The highest BCUT2D eigenvalue weighted by Gasteiger charge is 2.05. The molecule has 88 valence electrons. The van der Waals surface area contributed by atoms with Crippen LogP contribution in [-0.4, -0.2) is 5.11 Å². The number of hydrogen-bond acceptors (Lipinski definition) is 2. The van der Waals surface area contributed by atoms with Crippen molar-refractivity contribution in [3.63, 3.8) is 0 Å². The first kappa shape index (κ1) is 12.1. The normalized spacial score (nSPS) is 10.3. The first-order valence-electron chi connectivity index (χ1n) is 5.02. The number of hydrogen-bond donors (Lipinski definition) is 1. The number of halogens is 2. The molecule has 0 radical (unpaired) electrons. The molecule has 2 nitrogen and oxygen atoms in total. The van der Waals surface area contributed by atoms with Crippen molar-refractivity contribution in [2.24, 2.45) is 0 Å². The number of aliphatic hydroxyl groups excluding tert-OH is 1. The molecule has 0 saturated heterocycles. The van der Waals surface area contributed by atoms with E-state index >= 15 is 0 Å². The van der Waals surface area contributed by atoms with Gasteiger partial charge in [0.15, 0.2) is 0 Å². The summed E-state index contributed by atoms with van der Waals surface area (Å²) in [5.41, 5.74) is 0.688. The van der Waals surface area contributed by atoms with Crippen LogP contribution in [0.4, 0.5) is 4.39 Å². The third kappa shape index (κ3) is 2.84. The summed E-state index contributed by atoms with van der Waals surface area (Å²) in [4.78, 5) is 0. The molecule has 4 heteroatoms. The Labute approximate surface area is 107 Å². The second-order valence-corrected chi connectivity index (χ2v) is 4.30. The van der Waals surface area contributed by atoms with Crippen molar-refractivity contribution in [2.75, 3.05) is 0 Å². The average Bonchev–Trinajstić information content (AvgIpc) is 2.34. The molecular formula is C13H10BrFO2.